The number of ether oxygens (including phenoxy) is 2. The smallest absolute Gasteiger partial charge is 0.352 e. The summed E-state index contributed by atoms with van der Waals surface area (Å²) in [5.74, 6) is -0.0584. The number of hydrogen-bond acceptors (Lipinski definition) is 8. The molecule has 2 unspecified atom stereocenters. The normalized spacial score (nSPS) is 19.2. The van der Waals surface area contributed by atoms with E-state index < -0.39 is 18.8 Å². The Labute approximate surface area is 236 Å². The minimum Gasteiger partial charge on any atom is -0.457 e. The molecule has 0 radical (unpaired) electrons. The van der Waals surface area contributed by atoms with Crippen molar-refractivity contribution < 1.29 is 28.2 Å². The van der Waals surface area contributed by atoms with Gasteiger partial charge in [-0.3, -0.25) is 19.2 Å². The number of rotatable bonds is 9. The minimum absolute atomic E-state index is 0.114. The van der Waals surface area contributed by atoms with Gasteiger partial charge in [-0.25, -0.2) is 0 Å². The zero-order chi connectivity index (χ0) is 28.5. The minimum atomic E-state index is -2.92. The fourth-order valence-corrected chi connectivity index (χ4v) is 5.75. The molecule has 1 amide bonds. The molecule has 2 aromatic carbocycles. The van der Waals surface area contributed by atoms with Crippen molar-refractivity contribution in [3.8, 4) is 17.6 Å². The number of amides is 1. The van der Waals surface area contributed by atoms with Crippen molar-refractivity contribution in [2.75, 3.05) is 13.4 Å². The van der Waals surface area contributed by atoms with Crippen LogP contribution >= 0.6 is 41.3 Å². The first-order valence-corrected chi connectivity index (χ1v) is 15.5. The molecule has 1 aliphatic rings. The molecule has 0 aromatic heterocycles. The second-order valence-corrected chi connectivity index (χ2v) is 14.2. The van der Waals surface area contributed by atoms with E-state index in [2.05, 4.69) is 9.61 Å². The average molecular weight is 599 g/mol. The SMILES string of the molecule is CC1(C)[C@H](C(=O)OC(C#N)c2cccc(Oc3ccccc3)c2)[C@@H]1C=C(Cl)Cl.COP(=O)(NC(C)=O)SC. The Bertz CT molecular complexity index is 1240. The van der Waals surface area contributed by atoms with Crippen molar-refractivity contribution >= 4 is 53.2 Å². The molecule has 4 atom stereocenters. The number of nitrogens with zero attached hydrogens (tertiary/aromatic N) is 1. The lowest BCUT2D eigenvalue weighted by Gasteiger charge is -2.13. The molecule has 0 spiro atoms. The summed E-state index contributed by atoms with van der Waals surface area (Å²) in [6.45, 7) is 2.25. The molecule has 2 aromatic rings. The third-order valence-corrected chi connectivity index (χ3v) is 9.70. The molecule has 8 nitrogen and oxygen atoms in total. The summed E-state index contributed by atoms with van der Waals surface area (Å²) in [6.07, 6.45) is 2.23. The van der Waals surface area contributed by atoms with E-state index in [1.54, 1.807) is 36.6 Å². The summed E-state index contributed by atoms with van der Waals surface area (Å²) < 4.78 is 27.2. The van der Waals surface area contributed by atoms with Gasteiger partial charge in [-0.15, -0.1) is 0 Å². The van der Waals surface area contributed by atoms with Gasteiger partial charge >= 0.3 is 12.7 Å². The highest BCUT2D eigenvalue weighted by Gasteiger charge is 2.62. The molecule has 3 rings (SSSR count). The van der Waals surface area contributed by atoms with E-state index in [-0.39, 0.29) is 27.6 Å². The zero-order valence-electron chi connectivity index (χ0n) is 21.5. The number of halogens is 2. The summed E-state index contributed by atoms with van der Waals surface area (Å²) in [5.41, 5.74) is 0.231. The Morgan fingerprint density at radius 1 is 1.16 bits per heavy atom. The monoisotopic (exact) mass is 598 g/mol. The van der Waals surface area contributed by atoms with Crippen LogP contribution in [-0.4, -0.2) is 25.2 Å². The van der Waals surface area contributed by atoms with Gasteiger partial charge in [0.05, 0.1) is 5.92 Å². The van der Waals surface area contributed by atoms with E-state index in [0.29, 0.717) is 17.1 Å². The van der Waals surface area contributed by atoms with Gasteiger partial charge in [0, 0.05) is 19.6 Å². The molecule has 1 aliphatic carbocycles. The van der Waals surface area contributed by atoms with Gasteiger partial charge in [0.1, 0.15) is 22.1 Å². The Hall–Kier alpha value is -2.47. The lowest BCUT2D eigenvalue weighted by Crippen LogP contribution is -2.15. The van der Waals surface area contributed by atoms with Crippen LogP contribution in [-0.2, 0) is 23.4 Å². The highest BCUT2D eigenvalue weighted by molar-refractivity contribution is 8.55. The topological polar surface area (TPSA) is 115 Å². The highest BCUT2D eigenvalue weighted by Crippen LogP contribution is 2.60. The van der Waals surface area contributed by atoms with E-state index in [1.165, 1.54) is 14.0 Å². The average Bonchev–Trinajstić information content (AvgIpc) is 3.41. The molecule has 0 aliphatic heterocycles. The lowest BCUT2D eigenvalue weighted by molar-refractivity contribution is -0.149. The first-order valence-electron chi connectivity index (χ1n) is 11.3. The van der Waals surface area contributed by atoms with Gasteiger partial charge in [-0.2, -0.15) is 5.26 Å². The summed E-state index contributed by atoms with van der Waals surface area (Å²) in [4.78, 5) is 23.0. The van der Waals surface area contributed by atoms with E-state index >= 15 is 0 Å². The van der Waals surface area contributed by atoms with Crippen LogP contribution in [0.25, 0.3) is 0 Å². The van der Waals surface area contributed by atoms with E-state index in [4.69, 9.17) is 32.7 Å². The number of para-hydroxylation sites is 1. The highest BCUT2D eigenvalue weighted by atomic mass is 35.5. The second kappa shape index (κ2) is 14.1. The van der Waals surface area contributed by atoms with Crippen LogP contribution in [0.5, 0.6) is 11.5 Å². The van der Waals surface area contributed by atoms with E-state index in [1.807, 2.05) is 50.2 Å². The van der Waals surface area contributed by atoms with Gasteiger partial charge in [-0.1, -0.05) is 78.8 Å². The Kier molecular flexibility index (Phi) is 11.8. The molecular weight excluding hydrogens is 570 g/mol. The van der Waals surface area contributed by atoms with Gasteiger partial charge in [-0.05, 0) is 47.9 Å². The maximum Gasteiger partial charge on any atom is 0.352 e. The Morgan fingerprint density at radius 3 is 2.29 bits per heavy atom. The summed E-state index contributed by atoms with van der Waals surface area (Å²) in [6, 6.07) is 18.3. The molecule has 1 fully saturated rings. The van der Waals surface area contributed by atoms with Gasteiger partial charge in [0.25, 0.3) is 0 Å². The van der Waals surface area contributed by atoms with Crippen molar-refractivity contribution in [1.82, 2.24) is 5.09 Å². The molecule has 0 bridgehead atoms. The van der Waals surface area contributed by atoms with Gasteiger partial charge in [0.15, 0.2) is 0 Å². The summed E-state index contributed by atoms with van der Waals surface area (Å²) >= 11 is 12.5. The molecular formula is C26H29Cl2N2O6PS. The largest absolute Gasteiger partial charge is 0.457 e. The fraction of sp³-hybridized carbons (Fsp3) is 0.346. The van der Waals surface area contributed by atoms with Crippen molar-refractivity contribution in [2.24, 2.45) is 17.3 Å². The number of carbonyl (C=O) groups is 2. The zero-order valence-corrected chi connectivity index (χ0v) is 24.7. The van der Waals surface area contributed by atoms with E-state index in [9.17, 15) is 19.4 Å². The van der Waals surface area contributed by atoms with Crippen LogP contribution in [0.3, 0.4) is 0 Å². The second-order valence-electron chi connectivity index (χ2n) is 8.75. The van der Waals surface area contributed by atoms with Crippen LogP contribution < -0.4 is 9.82 Å². The lowest BCUT2D eigenvalue weighted by atomic mass is 10.1. The van der Waals surface area contributed by atoms with Crippen LogP contribution in [0.4, 0.5) is 0 Å². The van der Waals surface area contributed by atoms with Crippen LogP contribution in [0.1, 0.15) is 32.4 Å². The number of nitrogens with one attached hydrogen (secondary N) is 1. The number of allylic oxidation sites excluding steroid dienone is 1. The fourth-order valence-electron chi connectivity index (χ4n) is 3.66. The predicted octanol–water partition coefficient (Wildman–Crippen LogP) is 7.42. The van der Waals surface area contributed by atoms with Crippen molar-refractivity contribution in [2.45, 2.75) is 26.9 Å². The number of nitriles is 1. The first-order chi connectivity index (χ1) is 17.9. The van der Waals surface area contributed by atoms with Crippen molar-refractivity contribution in [1.29, 1.82) is 5.26 Å². The standard InChI is InChI=1S/C22H19Cl2NO3.C4H10NO3PS/c1-22(2)17(12-19(23)24)20(22)21(26)28-18(13-25)14-7-6-10-16(11-14)27-15-8-4-3-5-9-15;1-4(6)5-9(7,8-2)10-3/h3-12,17-18,20H,1-2H3;1-3H3,(H,5,6,7)/t17-,18?,20-;/m0./s1. The number of esters is 1. The third-order valence-electron chi connectivity index (χ3n) is 5.74. The van der Waals surface area contributed by atoms with Crippen LogP contribution in [0.15, 0.2) is 65.2 Å². The maximum atomic E-state index is 12.6. The summed E-state index contributed by atoms with van der Waals surface area (Å²) in [7, 11) is 1.30. The van der Waals surface area contributed by atoms with Crippen molar-refractivity contribution in [3.63, 3.8) is 0 Å². The molecule has 12 heteroatoms. The summed E-state index contributed by atoms with van der Waals surface area (Å²) in [5, 5.41) is 11.7. The molecule has 1 saturated carbocycles. The number of hydrogen-bond donors (Lipinski definition) is 1. The predicted molar refractivity (Wildman–Crippen MR) is 150 cm³/mol. The van der Waals surface area contributed by atoms with Crippen molar-refractivity contribution in [3.05, 3.63) is 70.7 Å². The molecule has 204 valence electrons. The van der Waals surface area contributed by atoms with Crippen LogP contribution in [0, 0.1) is 28.6 Å². The molecule has 38 heavy (non-hydrogen) atoms. The Balaban J connectivity index is 0.000000432. The van der Waals surface area contributed by atoms with Gasteiger partial charge in [0.2, 0.25) is 12.0 Å². The molecule has 0 saturated heterocycles. The molecule has 0 heterocycles. The number of carbonyl (C=O) groups excluding carboxylic acids is 2. The quantitative estimate of drug-likeness (QED) is 0.234. The third kappa shape index (κ3) is 9.07. The van der Waals surface area contributed by atoms with Crippen LogP contribution in [0.2, 0.25) is 0 Å². The maximum absolute atomic E-state index is 12.6. The Morgan fingerprint density at radius 2 is 1.79 bits per heavy atom. The van der Waals surface area contributed by atoms with Gasteiger partial charge < -0.3 is 14.0 Å². The number of benzene rings is 2. The first kappa shape index (κ1) is 31.7. The molecule has 1 N–H and O–H groups in total. The van der Waals surface area contributed by atoms with E-state index in [0.717, 1.165) is 11.4 Å².